The molecule has 1 unspecified atom stereocenters. The van der Waals surface area contributed by atoms with Crippen molar-refractivity contribution in [3.05, 3.63) is 59.3 Å². The lowest BCUT2D eigenvalue weighted by Gasteiger charge is -2.21. The minimum Gasteiger partial charge on any atom is -0.302 e. The lowest BCUT2D eigenvalue weighted by atomic mass is 10.0. The van der Waals surface area contributed by atoms with E-state index in [-0.39, 0.29) is 33.4 Å². The highest BCUT2D eigenvalue weighted by molar-refractivity contribution is 7.89. The molecule has 2 N–H and O–H groups in total. The summed E-state index contributed by atoms with van der Waals surface area (Å²) in [6.45, 7) is 12.6. The SMILES string of the molecule is CCC(CC)C(=O)Nc1nc(-c2ccc(S(=O)(=O)N(CC)CCCCC(C)C(=O)Nc3nc(-c4ccc(S(=O)(=O)N(CC)CC)cc4)cs3)cc2)cs1. The predicted molar refractivity (Wildman–Crippen MR) is 214 cm³/mol. The molecule has 12 nitrogen and oxygen atoms in total. The number of carbonyl (C=O) groups excluding carboxylic acids is 2. The van der Waals surface area contributed by atoms with E-state index in [2.05, 4.69) is 20.6 Å². The van der Waals surface area contributed by atoms with E-state index >= 15 is 0 Å². The van der Waals surface area contributed by atoms with Crippen LogP contribution in [-0.2, 0) is 29.6 Å². The average molecular weight is 803 g/mol. The summed E-state index contributed by atoms with van der Waals surface area (Å²) in [5.74, 6) is -0.599. The van der Waals surface area contributed by atoms with E-state index in [9.17, 15) is 26.4 Å². The minimum atomic E-state index is -3.73. The Kier molecular flexibility index (Phi) is 15.3. The summed E-state index contributed by atoms with van der Waals surface area (Å²) in [6, 6.07) is 13.2. The van der Waals surface area contributed by atoms with Crippen LogP contribution in [0.25, 0.3) is 22.5 Å². The molecule has 0 radical (unpaired) electrons. The van der Waals surface area contributed by atoms with Crippen LogP contribution in [0.2, 0.25) is 0 Å². The fraction of sp³-hybridized carbons (Fsp3) is 0.459. The van der Waals surface area contributed by atoms with Gasteiger partial charge in [-0.05, 0) is 49.9 Å². The molecule has 0 aliphatic heterocycles. The zero-order valence-electron chi connectivity index (χ0n) is 31.2. The average Bonchev–Trinajstić information content (AvgIpc) is 3.82. The normalized spacial score (nSPS) is 12.8. The molecule has 0 fully saturated rings. The second-order valence-corrected chi connectivity index (χ2v) is 18.2. The molecule has 2 heterocycles. The van der Waals surface area contributed by atoms with E-state index in [4.69, 9.17) is 0 Å². The molecule has 288 valence electrons. The quantitative estimate of drug-likeness (QED) is 0.0858. The van der Waals surface area contributed by atoms with E-state index in [1.807, 2.05) is 31.5 Å². The Morgan fingerprint density at radius 2 is 1.09 bits per heavy atom. The maximum absolute atomic E-state index is 13.5. The van der Waals surface area contributed by atoms with Crippen molar-refractivity contribution in [2.75, 3.05) is 36.8 Å². The maximum atomic E-state index is 13.5. The maximum Gasteiger partial charge on any atom is 0.243 e. The molecule has 0 aliphatic rings. The second-order valence-electron chi connectivity index (χ2n) is 12.6. The number of benzene rings is 2. The standard InChI is InChI=1S/C37H50N6O6S4/c1-7-27(8-2)35(45)41-37-39-33(25-51-37)29-17-21-31(22-18-29)53(48,49)43(11-5)23-13-12-14-26(6)34(44)40-36-38-32(24-50-36)28-15-19-30(20-16-28)52(46,47)42(9-3)10-4/h15-22,24-27H,7-14,23H2,1-6H3,(H,38,40,44)(H,39,41,45). The van der Waals surface area contributed by atoms with Crippen molar-refractivity contribution >= 4 is 64.8 Å². The van der Waals surface area contributed by atoms with E-state index in [1.165, 1.54) is 31.3 Å². The van der Waals surface area contributed by atoms with Gasteiger partial charge in [-0.15, -0.1) is 22.7 Å². The van der Waals surface area contributed by atoms with Gasteiger partial charge < -0.3 is 10.6 Å². The highest BCUT2D eigenvalue weighted by Crippen LogP contribution is 2.29. The summed E-state index contributed by atoms with van der Waals surface area (Å²) in [4.78, 5) is 34.9. The van der Waals surface area contributed by atoms with Crippen LogP contribution in [0.4, 0.5) is 10.3 Å². The smallest absolute Gasteiger partial charge is 0.243 e. The number of hydrogen-bond donors (Lipinski definition) is 2. The Morgan fingerprint density at radius 3 is 1.53 bits per heavy atom. The Balaban J connectivity index is 1.26. The first-order chi connectivity index (χ1) is 25.3. The topological polar surface area (TPSA) is 159 Å². The number of carbonyl (C=O) groups is 2. The first kappa shape index (κ1) is 42.2. The van der Waals surface area contributed by atoms with Gasteiger partial charge in [0.05, 0.1) is 21.2 Å². The van der Waals surface area contributed by atoms with Crippen molar-refractivity contribution in [3.63, 3.8) is 0 Å². The van der Waals surface area contributed by atoms with Crippen molar-refractivity contribution in [1.29, 1.82) is 0 Å². The van der Waals surface area contributed by atoms with Crippen LogP contribution in [0.15, 0.2) is 69.1 Å². The van der Waals surface area contributed by atoms with Crippen LogP contribution >= 0.6 is 22.7 Å². The van der Waals surface area contributed by atoms with Gasteiger partial charge in [0.1, 0.15) is 0 Å². The van der Waals surface area contributed by atoms with Gasteiger partial charge in [0, 0.05) is 59.9 Å². The summed E-state index contributed by atoms with van der Waals surface area (Å²) in [6.07, 6.45) is 3.34. The number of anilines is 2. The van der Waals surface area contributed by atoms with Gasteiger partial charge in [-0.1, -0.05) is 72.2 Å². The fourth-order valence-electron chi connectivity index (χ4n) is 5.80. The first-order valence-corrected chi connectivity index (χ1v) is 22.7. The summed E-state index contributed by atoms with van der Waals surface area (Å²) in [7, 11) is -7.29. The van der Waals surface area contributed by atoms with Crippen molar-refractivity contribution in [2.45, 2.75) is 83.4 Å². The molecule has 16 heteroatoms. The summed E-state index contributed by atoms with van der Waals surface area (Å²) >= 11 is 2.62. The van der Waals surface area contributed by atoms with E-state index < -0.39 is 20.0 Å². The summed E-state index contributed by atoms with van der Waals surface area (Å²) < 4.78 is 55.4. The second kappa shape index (κ2) is 19.2. The first-order valence-electron chi connectivity index (χ1n) is 18.0. The van der Waals surface area contributed by atoms with Crippen molar-refractivity contribution in [2.24, 2.45) is 11.8 Å². The molecule has 0 bridgehead atoms. The number of amides is 2. The summed E-state index contributed by atoms with van der Waals surface area (Å²) in [5, 5.41) is 10.4. The van der Waals surface area contributed by atoms with Crippen LogP contribution in [0.5, 0.6) is 0 Å². The largest absolute Gasteiger partial charge is 0.302 e. The Bertz CT molecular complexity index is 2020. The van der Waals surface area contributed by atoms with Crippen LogP contribution in [0, 0.1) is 11.8 Å². The molecule has 0 aliphatic carbocycles. The van der Waals surface area contributed by atoms with Crippen LogP contribution in [-0.4, -0.2) is 73.4 Å². The molecule has 1 atom stereocenters. The van der Waals surface area contributed by atoms with Gasteiger partial charge in [0.15, 0.2) is 10.3 Å². The lowest BCUT2D eigenvalue weighted by Crippen LogP contribution is -2.32. The number of rotatable bonds is 20. The molecule has 2 amide bonds. The fourth-order valence-corrected chi connectivity index (χ4v) is 10.2. The molecule has 0 saturated heterocycles. The monoisotopic (exact) mass is 802 g/mol. The Labute approximate surface area is 322 Å². The molecule has 4 rings (SSSR count). The van der Waals surface area contributed by atoms with Gasteiger partial charge in [-0.3, -0.25) is 9.59 Å². The van der Waals surface area contributed by atoms with Crippen LogP contribution in [0.1, 0.15) is 73.6 Å². The third kappa shape index (κ3) is 10.6. The predicted octanol–water partition coefficient (Wildman–Crippen LogP) is 7.79. The number of aromatic nitrogens is 2. The zero-order chi connectivity index (χ0) is 38.8. The Hall–Kier alpha value is -3.54. The number of nitrogens with zero attached hydrogens (tertiary/aromatic N) is 4. The Morgan fingerprint density at radius 1 is 0.660 bits per heavy atom. The van der Waals surface area contributed by atoms with Gasteiger partial charge in [0.2, 0.25) is 31.9 Å². The van der Waals surface area contributed by atoms with Crippen molar-refractivity contribution in [3.8, 4) is 22.5 Å². The number of hydrogen-bond acceptors (Lipinski definition) is 10. The van der Waals surface area contributed by atoms with Gasteiger partial charge in [-0.25, -0.2) is 26.8 Å². The highest BCUT2D eigenvalue weighted by atomic mass is 32.2. The molecular formula is C37H50N6O6S4. The lowest BCUT2D eigenvalue weighted by molar-refractivity contribution is -0.120. The molecule has 0 spiro atoms. The van der Waals surface area contributed by atoms with Gasteiger partial charge in [-0.2, -0.15) is 8.61 Å². The van der Waals surface area contributed by atoms with E-state index in [1.54, 1.807) is 69.3 Å². The van der Waals surface area contributed by atoms with E-state index in [0.29, 0.717) is 67.1 Å². The molecule has 53 heavy (non-hydrogen) atoms. The molecule has 2 aromatic heterocycles. The number of thiazole rings is 2. The molecular weight excluding hydrogens is 753 g/mol. The van der Waals surface area contributed by atoms with E-state index in [0.717, 1.165) is 24.0 Å². The van der Waals surface area contributed by atoms with Crippen molar-refractivity contribution in [1.82, 2.24) is 18.6 Å². The third-order valence-corrected chi connectivity index (χ3v) is 14.8. The number of sulfonamides is 2. The van der Waals surface area contributed by atoms with Gasteiger partial charge >= 0.3 is 0 Å². The molecule has 2 aromatic carbocycles. The highest BCUT2D eigenvalue weighted by Gasteiger charge is 2.24. The minimum absolute atomic E-state index is 0.0480. The number of unbranched alkanes of at least 4 members (excludes halogenated alkanes) is 1. The third-order valence-electron chi connectivity index (χ3n) is 9.20. The molecule has 0 saturated carbocycles. The van der Waals surface area contributed by atoms with Crippen molar-refractivity contribution < 1.29 is 26.4 Å². The number of nitrogens with one attached hydrogen (secondary N) is 2. The zero-order valence-corrected chi connectivity index (χ0v) is 34.4. The van der Waals surface area contributed by atoms with Gasteiger partial charge in [0.25, 0.3) is 0 Å². The summed E-state index contributed by atoms with van der Waals surface area (Å²) in [5.41, 5.74) is 2.79. The van der Waals surface area contributed by atoms with Crippen LogP contribution < -0.4 is 10.6 Å². The van der Waals surface area contributed by atoms with Crippen LogP contribution in [0.3, 0.4) is 0 Å². The molecule has 4 aromatic rings.